The van der Waals surface area contributed by atoms with Gasteiger partial charge in [0.25, 0.3) is 0 Å². The van der Waals surface area contributed by atoms with Crippen molar-refractivity contribution in [3.8, 4) is 0 Å². The Bertz CT molecular complexity index is 716. The Labute approximate surface area is 121 Å². The zero-order valence-corrected chi connectivity index (χ0v) is 13.6. The lowest BCUT2D eigenvalue weighted by molar-refractivity contribution is 0.0702. The molecule has 0 amide bonds. The second kappa shape index (κ2) is 5.80. The average molecular weight is 341 g/mol. The smallest absolute Gasteiger partial charge is 0.345 e. The molecule has 0 bridgehead atoms. The van der Waals surface area contributed by atoms with Crippen LogP contribution in [0, 0.1) is 6.92 Å². The molecular formula is C10H15NO6S3. The molecule has 1 aromatic rings. The first-order chi connectivity index (χ1) is 8.95. The van der Waals surface area contributed by atoms with Gasteiger partial charge in [-0.25, -0.2) is 21.6 Å². The van der Waals surface area contributed by atoms with Crippen molar-refractivity contribution in [1.82, 2.24) is 4.31 Å². The van der Waals surface area contributed by atoms with Gasteiger partial charge in [-0.3, -0.25) is 0 Å². The molecule has 0 aliphatic heterocycles. The number of hydrogen-bond acceptors (Lipinski definition) is 6. The molecular weight excluding hydrogens is 326 g/mol. The van der Waals surface area contributed by atoms with Crippen LogP contribution in [0.2, 0.25) is 0 Å². The number of nitrogens with zero attached hydrogens (tertiary/aromatic N) is 1. The Morgan fingerprint density at radius 1 is 1.35 bits per heavy atom. The average Bonchev–Trinajstić information content (AvgIpc) is 2.67. The molecule has 0 fully saturated rings. The first kappa shape index (κ1) is 17.1. The Balaban J connectivity index is 3.07. The summed E-state index contributed by atoms with van der Waals surface area (Å²) < 4.78 is 47.5. The second-order valence-corrected chi connectivity index (χ2v) is 9.82. The van der Waals surface area contributed by atoms with Crippen LogP contribution in [0.25, 0.3) is 0 Å². The molecule has 0 spiro atoms. The van der Waals surface area contributed by atoms with Crippen molar-refractivity contribution in [2.24, 2.45) is 0 Å². The summed E-state index contributed by atoms with van der Waals surface area (Å²) in [6.45, 7) is 1.33. The van der Waals surface area contributed by atoms with Crippen molar-refractivity contribution in [1.29, 1.82) is 0 Å². The van der Waals surface area contributed by atoms with E-state index in [1.165, 1.54) is 14.0 Å². The quantitative estimate of drug-likeness (QED) is 0.803. The van der Waals surface area contributed by atoms with Crippen LogP contribution in [0.1, 0.15) is 14.5 Å². The topological polar surface area (TPSA) is 109 Å². The largest absolute Gasteiger partial charge is 0.477 e. The highest BCUT2D eigenvalue weighted by molar-refractivity contribution is 7.91. The van der Waals surface area contributed by atoms with Crippen molar-refractivity contribution < 1.29 is 26.7 Å². The number of rotatable bonds is 6. The zero-order valence-electron chi connectivity index (χ0n) is 11.2. The van der Waals surface area contributed by atoms with Crippen LogP contribution in [-0.4, -0.2) is 57.8 Å². The number of carbonyl (C=O) groups is 1. The van der Waals surface area contributed by atoms with Crippen molar-refractivity contribution >= 4 is 37.2 Å². The van der Waals surface area contributed by atoms with Gasteiger partial charge in [0.2, 0.25) is 10.0 Å². The standard InChI is InChI=1S/C10H15NO6S3/c1-7-9(6-8(18-7)10(12)13)20(16,17)11(2)4-5-19(3,14)15/h6H,4-5H2,1-3H3,(H,12,13). The minimum Gasteiger partial charge on any atom is -0.477 e. The normalized spacial score (nSPS) is 12.8. The monoisotopic (exact) mass is 341 g/mol. The number of aryl methyl sites for hydroxylation is 1. The number of thiophene rings is 1. The van der Waals surface area contributed by atoms with Gasteiger partial charge in [-0.1, -0.05) is 0 Å². The summed E-state index contributed by atoms with van der Waals surface area (Å²) in [5.74, 6) is -1.49. The Morgan fingerprint density at radius 2 is 1.90 bits per heavy atom. The number of carboxylic acid groups (broad SMARTS) is 1. The molecule has 1 aromatic heterocycles. The number of aromatic carboxylic acids is 1. The summed E-state index contributed by atoms with van der Waals surface area (Å²) in [6, 6.07) is 1.09. The van der Waals surface area contributed by atoms with Crippen LogP contribution in [0.15, 0.2) is 11.0 Å². The highest BCUT2D eigenvalue weighted by atomic mass is 32.2. The van der Waals surface area contributed by atoms with Crippen LogP contribution >= 0.6 is 11.3 Å². The first-order valence-corrected chi connectivity index (χ1v) is 9.74. The van der Waals surface area contributed by atoms with E-state index < -0.39 is 25.8 Å². The van der Waals surface area contributed by atoms with E-state index in [4.69, 9.17) is 5.11 Å². The third-order valence-corrected chi connectivity index (χ3v) is 6.62. The van der Waals surface area contributed by atoms with Gasteiger partial charge in [0.05, 0.1) is 10.6 Å². The maximum absolute atomic E-state index is 12.3. The van der Waals surface area contributed by atoms with E-state index in [2.05, 4.69) is 0 Å². The van der Waals surface area contributed by atoms with Gasteiger partial charge in [0, 0.05) is 24.7 Å². The highest BCUT2D eigenvalue weighted by Gasteiger charge is 2.26. The fourth-order valence-corrected chi connectivity index (χ4v) is 4.70. The van der Waals surface area contributed by atoms with Crippen LogP contribution in [-0.2, 0) is 19.9 Å². The number of sulfone groups is 1. The Hall–Kier alpha value is -0.970. The predicted molar refractivity (Wildman–Crippen MR) is 75.5 cm³/mol. The Kier molecular flexibility index (Phi) is 4.95. The zero-order chi connectivity index (χ0) is 15.7. The summed E-state index contributed by atoms with van der Waals surface area (Å²) in [7, 11) is -5.90. The summed E-state index contributed by atoms with van der Waals surface area (Å²) >= 11 is 0.867. The van der Waals surface area contributed by atoms with Gasteiger partial charge < -0.3 is 5.11 Å². The van der Waals surface area contributed by atoms with E-state index >= 15 is 0 Å². The van der Waals surface area contributed by atoms with Crippen molar-refractivity contribution in [3.63, 3.8) is 0 Å². The molecule has 0 saturated heterocycles. The van der Waals surface area contributed by atoms with E-state index in [0.717, 1.165) is 28.0 Å². The molecule has 1 N–H and O–H groups in total. The van der Waals surface area contributed by atoms with Gasteiger partial charge in [-0.15, -0.1) is 11.3 Å². The van der Waals surface area contributed by atoms with E-state index in [9.17, 15) is 21.6 Å². The van der Waals surface area contributed by atoms with Crippen molar-refractivity contribution in [2.45, 2.75) is 11.8 Å². The number of hydrogen-bond donors (Lipinski definition) is 1. The maximum atomic E-state index is 12.3. The summed E-state index contributed by atoms with van der Waals surface area (Å²) in [6.07, 6.45) is 1.02. The van der Waals surface area contributed by atoms with Gasteiger partial charge in [-0.05, 0) is 13.0 Å². The number of sulfonamides is 1. The summed E-state index contributed by atoms with van der Waals surface area (Å²) in [4.78, 5) is 11.0. The fraction of sp³-hybridized carbons (Fsp3) is 0.500. The molecule has 0 unspecified atom stereocenters. The molecule has 0 saturated carbocycles. The molecule has 0 aliphatic carbocycles. The lowest BCUT2D eigenvalue weighted by Crippen LogP contribution is -2.31. The van der Waals surface area contributed by atoms with E-state index in [1.807, 2.05) is 0 Å². The van der Waals surface area contributed by atoms with Crippen LogP contribution in [0.5, 0.6) is 0 Å². The molecule has 0 radical (unpaired) electrons. The molecule has 114 valence electrons. The lowest BCUT2D eigenvalue weighted by atomic mass is 10.4. The van der Waals surface area contributed by atoms with Crippen LogP contribution < -0.4 is 0 Å². The maximum Gasteiger partial charge on any atom is 0.345 e. The summed E-state index contributed by atoms with van der Waals surface area (Å²) in [5.41, 5.74) is 0. The van der Waals surface area contributed by atoms with Crippen LogP contribution in [0.3, 0.4) is 0 Å². The minimum atomic E-state index is -3.89. The van der Waals surface area contributed by atoms with Gasteiger partial charge in [0.15, 0.2) is 0 Å². The SMILES string of the molecule is Cc1sc(C(=O)O)cc1S(=O)(=O)N(C)CCS(C)(=O)=O. The molecule has 0 aromatic carbocycles. The molecule has 1 rings (SSSR count). The number of carboxylic acids is 1. The molecule has 0 aliphatic rings. The molecule has 20 heavy (non-hydrogen) atoms. The third kappa shape index (κ3) is 4.01. The van der Waals surface area contributed by atoms with E-state index in [0.29, 0.717) is 4.88 Å². The Morgan fingerprint density at radius 3 is 2.30 bits per heavy atom. The van der Waals surface area contributed by atoms with Gasteiger partial charge >= 0.3 is 5.97 Å². The highest BCUT2D eigenvalue weighted by Crippen LogP contribution is 2.27. The fourth-order valence-electron chi connectivity index (χ4n) is 1.41. The van der Waals surface area contributed by atoms with Gasteiger partial charge in [0.1, 0.15) is 14.7 Å². The molecule has 7 nitrogen and oxygen atoms in total. The molecule has 0 atom stereocenters. The van der Waals surface area contributed by atoms with Crippen molar-refractivity contribution in [3.05, 3.63) is 15.8 Å². The van der Waals surface area contributed by atoms with E-state index in [-0.39, 0.29) is 22.1 Å². The lowest BCUT2D eigenvalue weighted by Gasteiger charge is -2.16. The molecule has 10 heteroatoms. The van der Waals surface area contributed by atoms with E-state index in [1.54, 1.807) is 0 Å². The second-order valence-electron chi connectivity index (χ2n) is 4.29. The minimum absolute atomic E-state index is 0.0717. The predicted octanol–water partition coefficient (Wildman–Crippen LogP) is 0.420. The summed E-state index contributed by atoms with van der Waals surface area (Å²) in [5, 5.41) is 8.86. The third-order valence-electron chi connectivity index (χ3n) is 2.55. The van der Waals surface area contributed by atoms with Crippen molar-refractivity contribution in [2.75, 3.05) is 25.6 Å². The van der Waals surface area contributed by atoms with Gasteiger partial charge in [-0.2, -0.15) is 4.31 Å². The molecule has 1 heterocycles. The van der Waals surface area contributed by atoms with Crippen LogP contribution in [0.4, 0.5) is 0 Å². The first-order valence-electron chi connectivity index (χ1n) is 5.43.